The van der Waals surface area contributed by atoms with E-state index in [1.165, 1.54) is 0 Å². The van der Waals surface area contributed by atoms with E-state index in [2.05, 4.69) is 4.98 Å². The number of nitrogens with zero attached hydrogens (tertiary/aromatic N) is 2. The highest BCUT2D eigenvalue weighted by Gasteiger charge is 2.10. The summed E-state index contributed by atoms with van der Waals surface area (Å²) in [4.78, 5) is 4.18. The van der Waals surface area contributed by atoms with Crippen LogP contribution in [0.25, 0.3) is 0 Å². The molecular formula is C15H20ClN3O. The van der Waals surface area contributed by atoms with E-state index in [4.69, 9.17) is 22.1 Å². The minimum atomic E-state index is 0.0757. The van der Waals surface area contributed by atoms with Crippen molar-refractivity contribution < 1.29 is 4.74 Å². The maximum atomic E-state index is 6.22. The quantitative estimate of drug-likeness (QED) is 0.891. The van der Waals surface area contributed by atoms with Crippen molar-refractivity contribution in [3.05, 3.63) is 47.0 Å². The summed E-state index contributed by atoms with van der Waals surface area (Å²) in [7, 11) is 0. The second-order valence-electron chi connectivity index (χ2n) is 4.93. The molecule has 0 aliphatic heterocycles. The normalized spacial score (nSPS) is 12.4. The molecule has 2 N–H and O–H groups in total. The molecule has 108 valence electrons. The van der Waals surface area contributed by atoms with Crippen molar-refractivity contribution in [3.8, 4) is 5.75 Å². The molecule has 0 saturated heterocycles. The first-order valence-corrected chi connectivity index (χ1v) is 7.09. The topological polar surface area (TPSA) is 53.1 Å². The van der Waals surface area contributed by atoms with Crippen molar-refractivity contribution in [1.29, 1.82) is 0 Å². The zero-order valence-electron chi connectivity index (χ0n) is 11.8. The molecule has 1 unspecified atom stereocenters. The van der Waals surface area contributed by atoms with Gasteiger partial charge in [-0.2, -0.15) is 0 Å². The Bertz CT molecular complexity index is 566. The van der Waals surface area contributed by atoms with Crippen LogP contribution in [0.3, 0.4) is 0 Å². The van der Waals surface area contributed by atoms with Gasteiger partial charge in [0.2, 0.25) is 0 Å². The van der Waals surface area contributed by atoms with E-state index in [9.17, 15) is 0 Å². The fourth-order valence-corrected chi connectivity index (χ4v) is 2.36. The zero-order chi connectivity index (χ0) is 14.5. The second-order valence-corrected chi connectivity index (χ2v) is 5.33. The molecule has 2 rings (SSSR count). The van der Waals surface area contributed by atoms with Crippen LogP contribution in [-0.2, 0) is 13.0 Å². The van der Waals surface area contributed by atoms with Gasteiger partial charge in [0, 0.05) is 18.4 Å². The van der Waals surface area contributed by atoms with Gasteiger partial charge in [0.1, 0.15) is 18.2 Å². The maximum Gasteiger partial charge on any atom is 0.141 e. The Balaban J connectivity index is 2.03. The average Bonchev–Trinajstić information content (AvgIpc) is 2.78. The molecule has 0 aliphatic carbocycles. The Hall–Kier alpha value is -1.52. The van der Waals surface area contributed by atoms with Crippen LogP contribution in [0.1, 0.15) is 18.3 Å². The van der Waals surface area contributed by atoms with Crippen LogP contribution in [0.2, 0.25) is 5.02 Å². The van der Waals surface area contributed by atoms with Crippen molar-refractivity contribution in [2.45, 2.75) is 32.9 Å². The molecule has 0 aliphatic rings. The van der Waals surface area contributed by atoms with E-state index >= 15 is 0 Å². The number of nitrogens with two attached hydrogens (primary N) is 1. The number of hydrogen-bond acceptors (Lipinski definition) is 3. The summed E-state index contributed by atoms with van der Waals surface area (Å²) in [5, 5.41) is 0.630. The number of rotatable bonds is 6. The van der Waals surface area contributed by atoms with Gasteiger partial charge >= 0.3 is 0 Å². The smallest absolute Gasteiger partial charge is 0.141 e. The van der Waals surface area contributed by atoms with Crippen LogP contribution in [0, 0.1) is 6.92 Å². The van der Waals surface area contributed by atoms with Crippen LogP contribution >= 0.6 is 11.6 Å². The summed E-state index contributed by atoms with van der Waals surface area (Å²) < 4.78 is 7.90. The van der Waals surface area contributed by atoms with Crippen molar-refractivity contribution in [2.75, 3.05) is 6.61 Å². The van der Waals surface area contributed by atoms with Crippen molar-refractivity contribution >= 4 is 11.6 Å². The van der Waals surface area contributed by atoms with Gasteiger partial charge in [0.05, 0.1) is 11.6 Å². The molecule has 1 aromatic carbocycles. The first kappa shape index (κ1) is 14.9. The predicted octanol–water partition coefficient (Wildman–Crippen LogP) is 2.81. The van der Waals surface area contributed by atoms with Gasteiger partial charge in [-0.25, -0.2) is 4.98 Å². The van der Waals surface area contributed by atoms with Crippen LogP contribution in [0.15, 0.2) is 30.6 Å². The number of imidazole rings is 1. The number of para-hydroxylation sites is 1. The lowest BCUT2D eigenvalue weighted by Crippen LogP contribution is -2.19. The molecule has 20 heavy (non-hydrogen) atoms. The summed E-state index contributed by atoms with van der Waals surface area (Å²) in [6, 6.07) is 5.84. The van der Waals surface area contributed by atoms with Gasteiger partial charge in [0.15, 0.2) is 0 Å². The van der Waals surface area contributed by atoms with E-state index in [0.717, 1.165) is 30.1 Å². The summed E-state index contributed by atoms with van der Waals surface area (Å²) in [5.74, 6) is 1.72. The monoisotopic (exact) mass is 293 g/mol. The number of hydrogen-bond donors (Lipinski definition) is 1. The predicted molar refractivity (Wildman–Crippen MR) is 81.3 cm³/mol. The third kappa shape index (κ3) is 3.74. The van der Waals surface area contributed by atoms with Crippen LogP contribution in [0.5, 0.6) is 5.75 Å². The van der Waals surface area contributed by atoms with Gasteiger partial charge in [-0.3, -0.25) is 0 Å². The Morgan fingerprint density at radius 2 is 2.25 bits per heavy atom. The summed E-state index contributed by atoms with van der Waals surface area (Å²) in [5.41, 5.74) is 6.91. The highest BCUT2D eigenvalue weighted by atomic mass is 35.5. The molecule has 0 radical (unpaired) electrons. The molecule has 1 aromatic heterocycles. The molecule has 0 amide bonds. The third-order valence-electron chi connectivity index (χ3n) is 3.09. The molecule has 0 saturated carbocycles. The first-order chi connectivity index (χ1) is 9.58. The fraction of sp³-hybridized carbons (Fsp3) is 0.400. The summed E-state index contributed by atoms with van der Waals surface area (Å²) >= 11 is 6.22. The SMILES string of the molecule is Cc1nccn1CCOc1c(Cl)cccc1CC(C)N. The highest BCUT2D eigenvalue weighted by molar-refractivity contribution is 6.32. The van der Waals surface area contributed by atoms with Crippen molar-refractivity contribution in [2.24, 2.45) is 5.73 Å². The van der Waals surface area contributed by atoms with Crippen LogP contribution in [-0.4, -0.2) is 22.2 Å². The van der Waals surface area contributed by atoms with Gasteiger partial charge in [0.25, 0.3) is 0 Å². The standard InChI is InChI=1S/C15H20ClN3O/c1-11(17)10-13-4-3-5-14(16)15(13)20-9-8-19-7-6-18-12(19)2/h3-7,11H,8-10,17H2,1-2H3. The number of ether oxygens (including phenoxy) is 1. The second kappa shape index (κ2) is 6.77. The Kier molecular flexibility index (Phi) is 5.04. The number of aromatic nitrogens is 2. The van der Waals surface area contributed by atoms with E-state index in [1.807, 2.05) is 42.8 Å². The van der Waals surface area contributed by atoms with E-state index < -0.39 is 0 Å². The third-order valence-corrected chi connectivity index (χ3v) is 3.39. The Morgan fingerprint density at radius 1 is 1.45 bits per heavy atom. The summed E-state index contributed by atoms with van der Waals surface area (Å²) in [6.07, 6.45) is 4.47. The van der Waals surface area contributed by atoms with Gasteiger partial charge < -0.3 is 15.0 Å². The highest BCUT2D eigenvalue weighted by Crippen LogP contribution is 2.29. The maximum absolute atomic E-state index is 6.22. The number of halogens is 1. The molecule has 5 heteroatoms. The van der Waals surface area contributed by atoms with Gasteiger partial charge in [-0.1, -0.05) is 23.7 Å². The Labute approximate surface area is 124 Å². The molecule has 1 heterocycles. The van der Waals surface area contributed by atoms with Crippen molar-refractivity contribution in [3.63, 3.8) is 0 Å². The lowest BCUT2D eigenvalue weighted by molar-refractivity contribution is 0.294. The van der Waals surface area contributed by atoms with Gasteiger partial charge in [-0.05, 0) is 31.9 Å². The number of aryl methyl sites for hydroxylation is 1. The largest absolute Gasteiger partial charge is 0.490 e. The minimum absolute atomic E-state index is 0.0757. The van der Waals surface area contributed by atoms with Crippen LogP contribution in [0.4, 0.5) is 0 Å². The van der Waals surface area contributed by atoms with Crippen molar-refractivity contribution in [1.82, 2.24) is 9.55 Å². The summed E-state index contributed by atoms with van der Waals surface area (Å²) in [6.45, 7) is 5.23. The zero-order valence-corrected chi connectivity index (χ0v) is 12.6. The molecular weight excluding hydrogens is 274 g/mol. The van der Waals surface area contributed by atoms with E-state index in [-0.39, 0.29) is 6.04 Å². The van der Waals surface area contributed by atoms with E-state index in [1.54, 1.807) is 6.20 Å². The minimum Gasteiger partial charge on any atom is -0.490 e. The molecule has 0 bridgehead atoms. The molecule has 2 aromatic rings. The lowest BCUT2D eigenvalue weighted by Gasteiger charge is -2.15. The first-order valence-electron chi connectivity index (χ1n) is 6.71. The molecule has 1 atom stereocenters. The molecule has 4 nitrogen and oxygen atoms in total. The van der Waals surface area contributed by atoms with Crippen LogP contribution < -0.4 is 10.5 Å². The Morgan fingerprint density at radius 3 is 2.90 bits per heavy atom. The van der Waals surface area contributed by atoms with E-state index in [0.29, 0.717) is 11.6 Å². The lowest BCUT2D eigenvalue weighted by atomic mass is 10.1. The number of benzene rings is 1. The van der Waals surface area contributed by atoms with Gasteiger partial charge in [-0.15, -0.1) is 0 Å². The average molecular weight is 294 g/mol. The fourth-order valence-electron chi connectivity index (χ4n) is 2.11. The molecule has 0 fully saturated rings. The molecule has 0 spiro atoms.